The number of quaternary nitrogens is 1. The van der Waals surface area contributed by atoms with Crippen molar-refractivity contribution in [2.45, 2.75) is 33.6 Å². The van der Waals surface area contributed by atoms with Gasteiger partial charge in [-0.25, -0.2) is 0 Å². The number of hydrogen-bond acceptors (Lipinski definition) is 1. The van der Waals surface area contributed by atoms with Crippen molar-refractivity contribution in [3.63, 3.8) is 0 Å². The van der Waals surface area contributed by atoms with Crippen molar-refractivity contribution < 1.29 is 4.15 Å². The quantitative estimate of drug-likeness (QED) is 0.612. The van der Waals surface area contributed by atoms with E-state index < -0.39 is 0 Å². The lowest BCUT2D eigenvalue weighted by atomic mass is 10.3. The van der Waals surface area contributed by atoms with Crippen LogP contribution in [0.5, 0.6) is 0 Å². The normalized spacial score (nSPS) is 25.2. The molecule has 0 unspecified atom stereocenters. The third-order valence-corrected chi connectivity index (χ3v) is 6.33. The summed E-state index contributed by atoms with van der Waals surface area (Å²) in [5.41, 5.74) is 0. The Morgan fingerprint density at radius 2 is 1.92 bits per heavy atom. The molecular weight excluding hydrogens is 176 g/mol. The Balaban J connectivity index is 2.48. The van der Waals surface area contributed by atoms with E-state index >= 15 is 0 Å². The minimum atomic E-state index is -0.0106. The highest BCUT2D eigenvalue weighted by atomic mass is 28.2. The van der Waals surface area contributed by atoms with Crippen LogP contribution in [0.15, 0.2) is 0 Å². The molecule has 0 aliphatic carbocycles. The van der Waals surface area contributed by atoms with Gasteiger partial charge in [0, 0.05) is 13.0 Å². The summed E-state index contributed by atoms with van der Waals surface area (Å²) in [4.78, 5) is 0. The highest BCUT2D eigenvalue weighted by molar-refractivity contribution is 6.22. The fourth-order valence-corrected chi connectivity index (χ4v) is 4.87. The van der Waals surface area contributed by atoms with E-state index in [2.05, 4.69) is 25.3 Å². The summed E-state index contributed by atoms with van der Waals surface area (Å²) >= 11 is 0. The Hall–Kier alpha value is 0.137. The lowest BCUT2D eigenvalue weighted by Gasteiger charge is -2.45. The summed E-state index contributed by atoms with van der Waals surface area (Å²) in [6.45, 7) is 14.0. The van der Waals surface area contributed by atoms with E-state index in [0.717, 1.165) is 0 Å². The van der Waals surface area contributed by atoms with Gasteiger partial charge in [-0.2, -0.15) is 0 Å². The maximum absolute atomic E-state index is 2.77. The van der Waals surface area contributed by atoms with Gasteiger partial charge in [-0.05, 0) is 26.8 Å². The maximum atomic E-state index is 2.77. The molecule has 0 aromatic heterocycles. The molecule has 1 fully saturated rings. The van der Waals surface area contributed by atoms with E-state index in [1.54, 1.807) is 0 Å². The minimum absolute atomic E-state index is 0.0106. The molecule has 3 heteroatoms. The zero-order chi connectivity index (χ0) is 9.73. The van der Waals surface area contributed by atoms with Crippen LogP contribution in [0.25, 0.3) is 0 Å². The molecule has 0 bridgehead atoms. The van der Waals surface area contributed by atoms with Gasteiger partial charge in [0.15, 0.2) is 0 Å². The summed E-state index contributed by atoms with van der Waals surface area (Å²) in [6.07, 6.45) is 2.76. The first-order chi connectivity index (χ1) is 6.26. The zero-order valence-corrected chi connectivity index (χ0v) is 11.0. The van der Waals surface area contributed by atoms with E-state index in [0.29, 0.717) is 0 Å². The van der Waals surface area contributed by atoms with Gasteiger partial charge in [0.05, 0.1) is 19.6 Å². The Morgan fingerprint density at radius 3 is 2.46 bits per heavy atom. The van der Waals surface area contributed by atoms with Gasteiger partial charge in [-0.1, -0.05) is 6.92 Å². The van der Waals surface area contributed by atoms with Crippen LogP contribution >= 0.6 is 0 Å². The van der Waals surface area contributed by atoms with Crippen molar-refractivity contribution >= 4 is 9.84 Å². The molecule has 1 aliphatic rings. The molecule has 2 nitrogen and oxygen atoms in total. The van der Waals surface area contributed by atoms with Crippen molar-refractivity contribution in [3.05, 3.63) is 0 Å². The topological polar surface area (TPSA) is 3.24 Å². The van der Waals surface area contributed by atoms with E-state index in [1.807, 2.05) is 0 Å². The predicted octanol–water partition coefficient (Wildman–Crippen LogP) is 0.958. The third kappa shape index (κ3) is 2.79. The van der Waals surface area contributed by atoms with Gasteiger partial charge < -0.3 is 4.15 Å². The molecule has 1 rings (SSSR count). The minimum Gasteiger partial charge on any atom is -0.376 e. The van der Waals surface area contributed by atoms with Crippen LogP contribution in [-0.2, 0) is 0 Å². The Kier molecular flexibility index (Phi) is 4.42. The summed E-state index contributed by atoms with van der Waals surface area (Å²) < 4.78 is 4.23. The molecule has 0 amide bonds. The summed E-state index contributed by atoms with van der Waals surface area (Å²) in [6, 6.07) is 0. The molecule has 0 N–H and O–H groups in total. The van der Waals surface area contributed by atoms with Crippen molar-refractivity contribution in [2.24, 2.45) is 0 Å². The fourth-order valence-electron chi connectivity index (χ4n) is 2.43. The molecule has 1 heterocycles. The first-order valence-corrected chi connectivity index (χ1v) is 7.10. The number of rotatable bonds is 4. The average Bonchev–Trinajstić information content (AvgIpc) is 2.19. The van der Waals surface area contributed by atoms with E-state index in [4.69, 9.17) is 0 Å². The van der Waals surface area contributed by atoms with Gasteiger partial charge in [0.25, 0.3) is 0 Å². The van der Waals surface area contributed by atoms with Gasteiger partial charge in [0.2, 0.25) is 0 Å². The summed E-state index contributed by atoms with van der Waals surface area (Å²) in [7, 11) is -0.0106. The molecule has 0 aromatic carbocycles. The van der Waals surface area contributed by atoms with Crippen LogP contribution in [-0.4, -0.2) is 51.3 Å². The Morgan fingerprint density at radius 1 is 1.23 bits per heavy atom. The number of hydrogen-bond donors (Lipinski definition) is 0. The third-order valence-electron chi connectivity index (χ3n) is 3.49. The fraction of sp³-hybridized carbons (Fsp3) is 1.00. The molecule has 1 aliphatic heterocycles. The Bertz CT molecular complexity index is 144. The first kappa shape index (κ1) is 11.2. The van der Waals surface area contributed by atoms with Crippen molar-refractivity contribution in [3.8, 4) is 0 Å². The van der Waals surface area contributed by atoms with Crippen LogP contribution in [0.4, 0.5) is 0 Å². The van der Waals surface area contributed by atoms with Crippen molar-refractivity contribution in [2.75, 3.05) is 32.7 Å². The molecule has 13 heavy (non-hydrogen) atoms. The largest absolute Gasteiger partial charge is 0.376 e. The van der Waals surface area contributed by atoms with E-state index in [-0.39, 0.29) is 9.84 Å². The number of nitrogens with zero attached hydrogens (tertiary/aromatic N) is 2. The zero-order valence-electron chi connectivity index (χ0n) is 9.55. The van der Waals surface area contributed by atoms with Crippen LogP contribution in [0, 0.1) is 0 Å². The van der Waals surface area contributed by atoms with Crippen LogP contribution in [0.1, 0.15) is 33.6 Å². The highest BCUT2D eigenvalue weighted by Gasteiger charge is 2.30. The molecule has 78 valence electrons. The SMILES string of the molecule is CCCN1CCC[N+](CC)(CC)[SiH2]1. The standard InChI is InChI=1S/C10H25N2Si/c1-4-8-11-9-7-10-12(5-2,6-3)13-11/h4-10,13H2,1-3H3/q+1. The molecular formula is C10H25N2Si+. The van der Waals surface area contributed by atoms with Crippen molar-refractivity contribution in [1.82, 2.24) is 4.57 Å². The van der Waals surface area contributed by atoms with Crippen LogP contribution in [0.2, 0.25) is 0 Å². The Labute approximate surface area is 85.5 Å². The highest BCUT2D eigenvalue weighted by Crippen LogP contribution is 2.13. The average molecular weight is 201 g/mol. The molecule has 0 radical (unpaired) electrons. The molecule has 0 aromatic rings. The predicted molar refractivity (Wildman–Crippen MR) is 61.2 cm³/mol. The summed E-state index contributed by atoms with van der Waals surface area (Å²) in [5, 5.41) is 0. The lowest BCUT2D eigenvalue weighted by molar-refractivity contribution is -0.825. The molecule has 1 saturated heterocycles. The van der Waals surface area contributed by atoms with Crippen LogP contribution < -0.4 is 0 Å². The molecule has 0 atom stereocenters. The molecule has 0 saturated carbocycles. The van der Waals surface area contributed by atoms with Gasteiger partial charge in [0.1, 0.15) is 0 Å². The lowest BCUT2D eigenvalue weighted by Crippen LogP contribution is -2.61. The second-order valence-corrected chi connectivity index (χ2v) is 6.83. The van der Waals surface area contributed by atoms with E-state index in [1.165, 1.54) is 49.7 Å². The maximum Gasteiger partial charge on any atom is 0.338 e. The molecule has 0 spiro atoms. The van der Waals surface area contributed by atoms with Gasteiger partial charge in [-0.3, -0.25) is 4.57 Å². The van der Waals surface area contributed by atoms with Gasteiger partial charge >= 0.3 is 9.84 Å². The van der Waals surface area contributed by atoms with Crippen molar-refractivity contribution in [1.29, 1.82) is 0 Å². The monoisotopic (exact) mass is 201 g/mol. The van der Waals surface area contributed by atoms with Crippen LogP contribution in [0.3, 0.4) is 0 Å². The second kappa shape index (κ2) is 5.13. The first-order valence-electron chi connectivity index (χ1n) is 5.83. The second-order valence-electron chi connectivity index (χ2n) is 4.31. The summed E-state index contributed by atoms with van der Waals surface area (Å²) in [5.74, 6) is 0. The van der Waals surface area contributed by atoms with Gasteiger partial charge in [-0.15, -0.1) is 0 Å². The smallest absolute Gasteiger partial charge is 0.338 e. The van der Waals surface area contributed by atoms with E-state index in [9.17, 15) is 0 Å².